The van der Waals surface area contributed by atoms with E-state index in [2.05, 4.69) is 0 Å². The first kappa shape index (κ1) is 29.8. The standard InChI is InChI=1S/C23H40O13/c1-8(2)33-22-20(32)18(30)21(13(7-25)35-22)36-23-19(31)16(28)12(9(3)34-23)5-10-4-11(6-24)15(27)17(29)14(10)26/h4,8-10,12-32H,5-7H2,1-3H3/t9?,10-,12-,13?,14+,15-,16+,17-,18-,19?,20?,21-,22+,23-/m1/s1. The van der Waals surface area contributed by atoms with Crippen LogP contribution in [0.3, 0.4) is 0 Å². The van der Waals surface area contributed by atoms with Crippen LogP contribution in [0, 0.1) is 11.8 Å². The van der Waals surface area contributed by atoms with E-state index in [1.165, 1.54) is 6.08 Å². The number of hydrogen-bond acceptors (Lipinski definition) is 13. The molecule has 36 heavy (non-hydrogen) atoms. The van der Waals surface area contributed by atoms with E-state index in [9.17, 15) is 46.0 Å². The van der Waals surface area contributed by atoms with Crippen LogP contribution in [0.2, 0.25) is 0 Å². The van der Waals surface area contributed by atoms with Gasteiger partial charge in [-0.2, -0.15) is 0 Å². The van der Waals surface area contributed by atoms with Gasteiger partial charge in [-0.1, -0.05) is 6.08 Å². The Morgan fingerprint density at radius 3 is 2.06 bits per heavy atom. The van der Waals surface area contributed by atoms with Crippen molar-refractivity contribution in [3.63, 3.8) is 0 Å². The molecule has 3 rings (SSSR count). The van der Waals surface area contributed by atoms with Gasteiger partial charge in [0.05, 0.1) is 37.6 Å². The van der Waals surface area contributed by atoms with E-state index < -0.39 is 98.7 Å². The first-order chi connectivity index (χ1) is 16.9. The molecule has 0 aromatic heterocycles. The molecule has 2 aliphatic heterocycles. The van der Waals surface area contributed by atoms with Crippen LogP contribution in [0.15, 0.2) is 11.6 Å². The van der Waals surface area contributed by atoms with Gasteiger partial charge in [-0.3, -0.25) is 0 Å². The molecule has 0 aromatic carbocycles. The van der Waals surface area contributed by atoms with E-state index in [-0.39, 0.29) is 18.1 Å². The molecule has 2 heterocycles. The van der Waals surface area contributed by atoms with Crippen molar-refractivity contribution in [2.45, 2.75) is 107 Å². The molecule has 9 N–H and O–H groups in total. The van der Waals surface area contributed by atoms with Gasteiger partial charge in [0.15, 0.2) is 12.6 Å². The minimum atomic E-state index is -1.61. The van der Waals surface area contributed by atoms with Gasteiger partial charge in [0.25, 0.3) is 0 Å². The predicted octanol–water partition coefficient (Wildman–Crippen LogP) is -3.66. The Bertz CT molecular complexity index is 733. The van der Waals surface area contributed by atoms with Gasteiger partial charge in [-0.05, 0) is 32.8 Å². The van der Waals surface area contributed by atoms with Gasteiger partial charge in [0.1, 0.15) is 42.7 Å². The lowest BCUT2D eigenvalue weighted by molar-refractivity contribution is -0.357. The molecular weight excluding hydrogens is 484 g/mol. The maximum absolute atomic E-state index is 10.9. The molecule has 2 saturated heterocycles. The lowest BCUT2D eigenvalue weighted by Crippen LogP contribution is -2.63. The average molecular weight is 525 g/mol. The maximum Gasteiger partial charge on any atom is 0.186 e. The fourth-order valence-corrected chi connectivity index (χ4v) is 5.08. The SMILES string of the molecule is CC(C)O[C@H]1OC(CO)[C@@H](O[C@H]2OC(C)[C@@H](C[C@H]3C=C(CO)[C@@H](O)[C@H](O)[C@H]3O)[C@H](O)C2O)[C@H](O)C1O. The van der Waals surface area contributed by atoms with Gasteiger partial charge in [0, 0.05) is 11.8 Å². The molecule has 4 unspecified atom stereocenters. The molecule has 13 heteroatoms. The van der Waals surface area contributed by atoms with Crippen LogP contribution in [-0.4, -0.2) is 139 Å². The molecule has 2 fully saturated rings. The molecule has 0 bridgehead atoms. The van der Waals surface area contributed by atoms with Crippen LogP contribution in [0.5, 0.6) is 0 Å². The highest BCUT2D eigenvalue weighted by atomic mass is 16.7. The minimum Gasteiger partial charge on any atom is -0.394 e. The van der Waals surface area contributed by atoms with E-state index in [1.54, 1.807) is 20.8 Å². The smallest absolute Gasteiger partial charge is 0.186 e. The lowest BCUT2D eigenvalue weighted by Gasteiger charge is -2.47. The second kappa shape index (κ2) is 12.4. The quantitative estimate of drug-likeness (QED) is 0.140. The summed E-state index contributed by atoms with van der Waals surface area (Å²) >= 11 is 0. The summed E-state index contributed by atoms with van der Waals surface area (Å²) in [5.74, 6) is -1.49. The second-order valence-electron chi connectivity index (χ2n) is 10.1. The van der Waals surface area contributed by atoms with Crippen molar-refractivity contribution in [2.24, 2.45) is 11.8 Å². The van der Waals surface area contributed by atoms with E-state index in [4.69, 9.17) is 18.9 Å². The van der Waals surface area contributed by atoms with E-state index in [1.807, 2.05) is 0 Å². The van der Waals surface area contributed by atoms with Crippen molar-refractivity contribution in [3.8, 4) is 0 Å². The van der Waals surface area contributed by atoms with Crippen molar-refractivity contribution >= 4 is 0 Å². The number of hydrogen-bond donors (Lipinski definition) is 9. The van der Waals surface area contributed by atoms with Gasteiger partial charge in [0.2, 0.25) is 0 Å². The van der Waals surface area contributed by atoms with Crippen LogP contribution in [0.4, 0.5) is 0 Å². The zero-order chi connectivity index (χ0) is 26.9. The van der Waals surface area contributed by atoms with Crippen molar-refractivity contribution in [3.05, 3.63) is 11.6 Å². The first-order valence-electron chi connectivity index (χ1n) is 12.2. The minimum absolute atomic E-state index is 0.0436. The highest BCUT2D eigenvalue weighted by Gasteiger charge is 2.51. The number of aliphatic hydroxyl groups excluding tert-OH is 9. The Hall–Kier alpha value is -0.780. The molecule has 0 aromatic rings. The van der Waals surface area contributed by atoms with E-state index >= 15 is 0 Å². The normalized spacial score (nSPS) is 48.2. The Balaban J connectivity index is 1.69. The zero-order valence-electron chi connectivity index (χ0n) is 20.5. The summed E-state index contributed by atoms with van der Waals surface area (Å²) in [4.78, 5) is 0. The molecule has 0 amide bonds. The molecule has 3 aliphatic rings. The Morgan fingerprint density at radius 2 is 1.47 bits per heavy atom. The third-order valence-electron chi connectivity index (χ3n) is 7.18. The molecular formula is C23H40O13. The van der Waals surface area contributed by atoms with Crippen molar-refractivity contribution in [1.82, 2.24) is 0 Å². The predicted molar refractivity (Wildman–Crippen MR) is 120 cm³/mol. The Labute approximate surface area is 209 Å². The highest BCUT2D eigenvalue weighted by Crippen LogP contribution is 2.37. The summed E-state index contributed by atoms with van der Waals surface area (Å²) in [5.41, 5.74) is 0.137. The molecule has 14 atom stereocenters. The van der Waals surface area contributed by atoms with Crippen LogP contribution >= 0.6 is 0 Å². The average Bonchev–Trinajstić information content (AvgIpc) is 2.84. The lowest BCUT2D eigenvalue weighted by atomic mass is 9.75. The van der Waals surface area contributed by atoms with Crippen molar-refractivity contribution in [1.29, 1.82) is 0 Å². The Morgan fingerprint density at radius 1 is 0.833 bits per heavy atom. The third-order valence-corrected chi connectivity index (χ3v) is 7.18. The maximum atomic E-state index is 10.9. The third kappa shape index (κ3) is 6.10. The summed E-state index contributed by atoms with van der Waals surface area (Å²) in [6.07, 6.45) is -15.1. The van der Waals surface area contributed by atoms with E-state index in [0.717, 1.165) is 0 Å². The molecule has 13 nitrogen and oxygen atoms in total. The van der Waals surface area contributed by atoms with Gasteiger partial charge >= 0.3 is 0 Å². The van der Waals surface area contributed by atoms with Crippen LogP contribution in [0.25, 0.3) is 0 Å². The van der Waals surface area contributed by atoms with Crippen molar-refractivity contribution in [2.75, 3.05) is 13.2 Å². The van der Waals surface area contributed by atoms with Crippen LogP contribution in [-0.2, 0) is 18.9 Å². The topological polar surface area (TPSA) is 219 Å². The summed E-state index contributed by atoms with van der Waals surface area (Å²) in [6, 6.07) is 0. The number of rotatable bonds is 8. The Kier molecular flexibility index (Phi) is 10.2. The summed E-state index contributed by atoms with van der Waals surface area (Å²) in [5, 5.41) is 92.3. The summed E-state index contributed by atoms with van der Waals surface area (Å²) in [7, 11) is 0. The van der Waals surface area contributed by atoms with Crippen LogP contribution in [0.1, 0.15) is 27.2 Å². The van der Waals surface area contributed by atoms with E-state index in [0.29, 0.717) is 0 Å². The molecule has 210 valence electrons. The molecule has 0 radical (unpaired) electrons. The molecule has 0 saturated carbocycles. The van der Waals surface area contributed by atoms with Crippen molar-refractivity contribution < 1.29 is 64.9 Å². The fourth-order valence-electron chi connectivity index (χ4n) is 5.08. The van der Waals surface area contributed by atoms with Gasteiger partial charge in [-0.15, -0.1) is 0 Å². The highest BCUT2D eigenvalue weighted by molar-refractivity contribution is 5.19. The summed E-state index contributed by atoms with van der Waals surface area (Å²) in [6.45, 7) is 3.90. The fraction of sp³-hybridized carbons (Fsp3) is 0.913. The molecule has 0 spiro atoms. The first-order valence-corrected chi connectivity index (χ1v) is 12.2. The number of ether oxygens (including phenoxy) is 4. The van der Waals surface area contributed by atoms with Gasteiger partial charge in [-0.25, -0.2) is 0 Å². The van der Waals surface area contributed by atoms with Crippen LogP contribution < -0.4 is 0 Å². The monoisotopic (exact) mass is 524 g/mol. The largest absolute Gasteiger partial charge is 0.394 e. The molecule has 1 aliphatic carbocycles. The van der Waals surface area contributed by atoms with Gasteiger partial charge < -0.3 is 64.9 Å². The second-order valence-corrected chi connectivity index (χ2v) is 10.1. The summed E-state index contributed by atoms with van der Waals surface area (Å²) < 4.78 is 22.4. The zero-order valence-corrected chi connectivity index (χ0v) is 20.5. The number of aliphatic hydroxyl groups is 9.